The van der Waals surface area contributed by atoms with Gasteiger partial charge in [-0.2, -0.15) is 0 Å². The Hall–Kier alpha value is -3.14. The van der Waals surface area contributed by atoms with Crippen LogP contribution in [0.15, 0.2) is 37.1 Å². The molecule has 2 aromatic carbocycles. The second kappa shape index (κ2) is 10.6. The second-order valence-electron chi connectivity index (χ2n) is 7.81. The smallest absolute Gasteiger partial charge is 0.243 e. The topological polar surface area (TPSA) is 94.6 Å². The molecule has 3 aromatic rings. The largest absolute Gasteiger partial charge is 0.495 e. The van der Waals surface area contributed by atoms with Crippen molar-refractivity contribution in [3.63, 3.8) is 0 Å². The number of hydrogen-bond acceptors (Lipinski definition) is 7. The average Bonchev–Trinajstić information content (AvgIpc) is 2.86. The van der Waals surface area contributed by atoms with Crippen LogP contribution >= 0.6 is 23.2 Å². The van der Waals surface area contributed by atoms with Gasteiger partial charge in [0.25, 0.3) is 0 Å². The van der Waals surface area contributed by atoms with Crippen LogP contribution < -0.4 is 20.1 Å². The minimum absolute atomic E-state index is 0.108. The van der Waals surface area contributed by atoms with E-state index in [1.54, 1.807) is 12.1 Å². The molecule has 2 heterocycles. The van der Waals surface area contributed by atoms with Crippen molar-refractivity contribution < 1.29 is 23.4 Å². The first-order valence-electron chi connectivity index (χ1n) is 10.7. The summed E-state index contributed by atoms with van der Waals surface area (Å²) in [6.45, 7) is 4.32. The quantitative estimate of drug-likeness (QED) is 0.438. The fourth-order valence-corrected chi connectivity index (χ4v) is 4.63. The Kier molecular flexibility index (Phi) is 7.59. The van der Waals surface area contributed by atoms with Gasteiger partial charge in [-0.05, 0) is 30.2 Å². The number of halogens is 3. The van der Waals surface area contributed by atoms with E-state index in [1.165, 1.54) is 32.6 Å². The monoisotopic (exact) mass is 520 g/mol. The Bertz CT molecular complexity index is 1260. The lowest BCUT2D eigenvalue weighted by atomic mass is 10.0. The fraction of sp³-hybridized carbons (Fsp3) is 0.292. The zero-order valence-corrected chi connectivity index (χ0v) is 20.5. The van der Waals surface area contributed by atoms with Crippen molar-refractivity contribution in [3.05, 3.63) is 52.9 Å². The van der Waals surface area contributed by atoms with E-state index in [4.69, 9.17) is 37.4 Å². The van der Waals surface area contributed by atoms with Gasteiger partial charge in [0.15, 0.2) is 0 Å². The van der Waals surface area contributed by atoms with Gasteiger partial charge in [0.05, 0.1) is 43.0 Å². The van der Waals surface area contributed by atoms with Crippen LogP contribution in [0.1, 0.15) is 6.42 Å². The molecule has 11 heteroatoms. The van der Waals surface area contributed by atoms with E-state index in [0.29, 0.717) is 47.6 Å². The molecule has 2 unspecified atom stereocenters. The number of nitrogens with zero attached hydrogens (tertiary/aromatic N) is 2. The first-order valence-corrected chi connectivity index (χ1v) is 11.5. The van der Waals surface area contributed by atoms with E-state index in [0.717, 1.165) is 0 Å². The normalized spacial score (nSPS) is 17.6. The van der Waals surface area contributed by atoms with Gasteiger partial charge in [-0.25, -0.2) is 14.4 Å². The number of anilines is 1. The van der Waals surface area contributed by atoms with Crippen LogP contribution in [-0.2, 0) is 9.53 Å². The molecule has 1 amide bonds. The molecule has 8 nitrogen and oxygen atoms in total. The van der Waals surface area contributed by atoms with Crippen LogP contribution in [0.3, 0.4) is 0 Å². The summed E-state index contributed by atoms with van der Waals surface area (Å²) in [7, 11) is 2.93. The van der Waals surface area contributed by atoms with Crippen molar-refractivity contribution >= 4 is 46.0 Å². The Morgan fingerprint density at radius 1 is 1.20 bits per heavy atom. The molecule has 2 atom stereocenters. The molecule has 1 aliphatic heterocycles. The number of benzene rings is 2. The Morgan fingerprint density at radius 3 is 2.57 bits per heavy atom. The summed E-state index contributed by atoms with van der Waals surface area (Å²) in [5, 5.41) is 6.89. The molecule has 1 fully saturated rings. The zero-order chi connectivity index (χ0) is 25.1. The number of fused-ring (bicyclic) bond motifs is 1. The SMILES string of the molecule is C=CC(=O)NC1CCOCC1Nc1ncc2cc(-c3c(Cl)c(OC)cc(OC)c3Cl)cc(F)c2n1. The number of aromatic nitrogens is 2. The summed E-state index contributed by atoms with van der Waals surface area (Å²) in [6.07, 6.45) is 3.31. The highest BCUT2D eigenvalue weighted by atomic mass is 35.5. The molecule has 0 saturated carbocycles. The number of methoxy groups -OCH3 is 2. The summed E-state index contributed by atoms with van der Waals surface area (Å²) in [5.74, 6) is 0.0112. The molecule has 2 N–H and O–H groups in total. The van der Waals surface area contributed by atoms with Crippen molar-refractivity contribution in [1.29, 1.82) is 0 Å². The molecular weight excluding hydrogens is 498 g/mol. The number of nitrogens with one attached hydrogen (secondary N) is 2. The summed E-state index contributed by atoms with van der Waals surface area (Å²) in [5.41, 5.74) is 0.892. The molecule has 0 bridgehead atoms. The molecule has 0 radical (unpaired) electrons. The molecule has 0 aliphatic carbocycles. The third-order valence-corrected chi connectivity index (χ3v) is 6.43. The van der Waals surface area contributed by atoms with Gasteiger partial charge in [0, 0.05) is 29.8 Å². The standard InChI is InChI=1S/C24H23Cl2FN4O4/c1-4-19(32)29-15-5-6-35-11-16(15)30-24-28-10-13-7-12(8-14(27)23(13)31-24)20-21(25)17(33-2)9-18(34-3)22(20)26/h4,7-10,15-16H,1,5-6,11H2,2-3H3,(H,29,32)(H,28,30,31). The van der Waals surface area contributed by atoms with E-state index in [1.807, 2.05) is 0 Å². The zero-order valence-electron chi connectivity index (χ0n) is 19.0. The lowest BCUT2D eigenvalue weighted by Gasteiger charge is -2.32. The predicted molar refractivity (Wildman–Crippen MR) is 133 cm³/mol. The van der Waals surface area contributed by atoms with Crippen LogP contribution in [0.4, 0.5) is 10.3 Å². The first kappa shape index (κ1) is 25.0. The molecule has 184 valence electrons. The van der Waals surface area contributed by atoms with E-state index < -0.39 is 5.82 Å². The van der Waals surface area contributed by atoms with Crippen molar-refractivity contribution in [1.82, 2.24) is 15.3 Å². The number of ether oxygens (including phenoxy) is 3. The molecule has 4 rings (SSSR count). The lowest BCUT2D eigenvalue weighted by molar-refractivity contribution is -0.117. The molecule has 1 aromatic heterocycles. The van der Waals surface area contributed by atoms with Gasteiger partial charge in [0.1, 0.15) is 22.8 Å². The maximum Gasteiger partial charge on any atom is 0.243 e. The Balaban J connectivity index is 1.69. The summed E-state index contributed by atoms with van der Waals surface area (Å²) in [6, 6.07) is 4.03. The molecule has 1 aliphatic rings. The minimum Gasteiger partial charge on any atom is -0.495 e. The maximum absolute atomic E-state index is 15.3. The van der Waals surface area contributed by atoms with Crippen LogP contribution in [-0.4, -0.2) is 55.4 Å². The number of carbonyl (C=O) groups excluding carboxylic acids is 1. The van der Waals surface area contributed by atoms with E-state index >= 15 is 4.39 Å². The van der Waals surface area contributed by atoms with Gasteiger partial charge in [-0.3, -0.25) is 4.79 Å². The molecule has 1 saturated heterocycles. The van der Waals surface area contributed by atoms with E-state index in [9.17, 15) is 4.79 Å². The summed E-state index contributed by atoms with van der Waals surface area (Å²) in [4.78, 5) is 20.4. The van der Waals surface area contributed by atoms with Gasteiger partial charge in [0.2, 0.25) is 11.9 Å². The summed E-state index contributed by atoms with van der Waals surface area (Å²) >= 11 is 13.0. The van der Waals surface area contributed by atoms with Crippen molar-refractivity contribution in [2.75, 3.05) is 32.8 Å². The molecule has 0 spiro atoms. The van der Waals surface area contributed by atoms with Crippen LogP contribution in [0.2, 0.25) is 10.0 Å². The minimum atomic E-state index is -0.590. The van der Waals surface area contributed by atoms with Gasteiger partial charge < -0.3 is 24.8 Å². The highest BCUT2D eigenvalue weighted by molar-refractivity contribution is 6.41. The first-order chi connectivity index (χ1) is 16.9. The predicted octanol–water partition coefficient (Wildman–Crippen LogP) is 4.63. The van der Waals surface area contributed by atoms with Gasteiger partial charge in [-0.15, -0.1) is 0 Å². The van der Waals surface area contributed by atoms with Gasteiger partial charge in [-0.1, -0.05) is 29.8 Å². The Labute approximate surface area is 211 Å². The fourth-order valence-electron chi connectivity index (χ4n) is 3.92. The third kappa shape index (κ3) is 5.12. The maximum atomic E-state index is 15.3. The van der Waals surface area contributed by atoms with Crippen LogP contribution in [0.25, 0.3) is 22.0 Å². The van der Waals surface area contributed by atoms with Crippen LogP contribution in [0, 0.1) is 5.82 Å². The van der Waals surface area contributed by atoms with E-state index in [2.05, 4.69) is 27.2 Å². The van der Waals surface area contributed by atoms with Crippen molar-refractivity contribution in [3.8, 4) is 22.6 Å². The second-order valence-corrected chi connectivity index (χ2v) is 8.56. The average molecular weight is 521 g/mol. The van der Waals surface area contributed by atoms with E-state index in [-0.39, 0.29) is 39.5 Å². The van der Waals surface area contributed by atoms with Crippen molar-refractivity contribution in [2.24, 2.45) is 0 Å². The van der Waals surface area contributed by atoms with Crippen LogP contribution in [0.5, 0.6) is 11.5 Å². The third-order valence-electron chi connectivity index (χ3n) is 5.68. The summed E-state index contributed by atoms with van der Waals surface area (Å²) < 4.78 is 31.4. The molecular formula is C24H23Cl2FN4O4. The highest BCUT2D eigenvalue weighted by Crippen LogP contribution is 2.46. The highest BCUT2D eigenvalue weighted by Gasteiger charge is 2.27. The number of rotatable bonds is 7. The number of hydrogen-bond donors (Lipinski definition) is 2. The number of carbonyl (C=O) groups is 1. The van der Waals surface area contributed by atoms with Gasteiger partial charge >= 0.3 is 0 Å². The lowest BCUT2D eigenvalue weighted by Crippen LogP contribution is -2.52. The Morgan fingerprint density at radius 2 is 1.91 bits per heavy atom. The van der Waals surface area contributed by atoms with Crippen molar-refractivity contribution in [2.45, 2.75) is 18.5 Å². The number of amides is 1. The molecule has 35 heavy (non-hydrogen) atoms.